The number of alkyl halides is 3. The fraction of sp³-hybridized carbons (Fsp3) is 0.370. The summed E-state index contributed by atoms with van der Waals surface area (Å²) in [6.07, 6.45) is 1.96. The molecule has 3 aromatic rings. The lowest BCUT2D eigenvalue weighted by molar-refractivity contribution is -0.138. The van der Waals surface area contributed by atoms with Gasteiger partial charge < -0.3 is 14.7 Å². The van der Waals surface area contributed by atoms with Gasteiger partial charge in [0.25, 0.3) is 0 Å². The molecule has 36 heavy (non-hydrogen) atoms. The Labute approximate surface area is 207 Å². The average molecular weight is 500 g/mol. The van der Waals surface area contributed by atoms with E-state index >= 15 is 0 Å². The van der Waals surface area contributed by atoms with Gasteiger partial charge in [-0.15, -0.1) is 0 Å². The molecular weight excluding hydrogens is 471 g/mol. The summed E-state index contributed by atoms with van der Waals surface area (Å²) in [6.45, 7) is 2.91. The van der Waals surface area contributed by atoms with Gasteiger partial charge in [-0.1, -0.05) is 31.2 Å². The largest absolute Gasteiger partial charge is 0.490 e. The highest BCUT2D eigenvalue weighted by Gasteiger charge is 2.30. The number of halogens is 3. The van der Waals surface area contributed by atoms with Crippen LogP contribution < -0.4 is 9.64 Å². The van der Waals surface area contributed by atoms with Crippen molar-refractivity contribution in [1.82, 2.24) is 9.97 Å². The van der Waals surface area contributed by atoms with E-state index in [9.17, 15) is 18.0 Å². The van der Waals surface area contributed by atoms with E-state index in [2.05, 4.69) is 9.97 Å². The van der Waals surface area contributed by atoms with Crippen molar-refractivity contribution in [2.75, 3.05) is 11.4 Å². The van der Waals surface area contributed by atoms with Crippen LogP contribution in [0.25, 0.3) is 0 Å². The number of hydrogen-bond acceptors (Lipinski definition) is 5. The summed E-state index contributed by atoms with van der Waals surface area (Å²) in [6, 6.07) is 10.6. The molecule has 0 spiro atoms. The zero-order chi connectivity index (χ0) is 25.7. The van der Waals surface area contributed by atoms with Crippen LogP contribution in [0.2, 0.25) is 0 Å². The number of anilines is 1. The van der Waals surface area contributed by atoms with Crippen LogP contribution in [-0.2, 0) is 36.8 Å². The van der Waals surface area contributed by atoms with Crippen LogP contribution in [0.15, 0.2) is 54.9 Å². The number of aliphatic carboxylic acids is 1. The van der Waals surface area contributed by atoms with Crippen molar-refractivity contribution in [2.45, 2.75) is 57.9 Å². The molecule has 0 saturated heterocycles. The first-order chi connectivity index (χ1) is 17.2. The number of carbonyl (C=O) groups is 1. The molecule has 1 unspecified atom stereocenters. The lowest BCUT2D eigenvalue weighted by atomic mass is 9.94. The summed E-state index contributed by atoms with van der Waals surface area (Å²) in [5.41, 5.74) is 2.75. The van der Waals surface area contributed by atoms with Gasteiger partial charge in [0.1, 0.15) is 11.9 Å². The summed E-state index contributed by atoms with van der Waals surface area (Å²) in [5, 5.41) is 9.17. The zero-order valence-corrected chi connectivity index (χ0v) is 20.0. The molecule has 0 fully saturated rings. The molecule has 1 aromatic heterocycles. The predicted octanol–water partition coefficient (Wildman–Crippen LogP) is 5.48. The van der Waals surface area contributed by atoms with Crippen molar-refractivity contribution in [3.05, 3.63) is 82.7 Å². The number of hydrogen-bond donors (Lipinski definition) is 1. The Bertz CT molecular complexity index is 1180. The van der Waals surface area contributed by atoms with Gasteiger partial charge in [0.05, 0.1) is 12.0 Å². The molecule has 0 aliphatic carbocycles. The maximum atomic E-state index is 13.0. The van der Waals surface area contributed by atoms with Crippen LogP contribution in [0.3, 0.4) is 0 Å². The van der Waals surface area contributed by atoms with Gasteiger partial charge >= 0.3 is 12.1 Å². The van der Waals surface area contributed by atoms with Crippen molar-refractivity contribution in [2.24, 2.45) is 0 Å². The molecule has 0 amide bonds. The highest BCUT2D eigenvalue weighted by molar-refractivity contribution is 5.71. The zero-order valence-electron chi connectivity index (χ0n) is 20.0. The van der Waals surface area contributed by atoms with Crippen LogP contribution >= 0.6 is 0 Å². The normalized spacial score (nSPS) is 15.2. The maximum absolute atomic E-state index is 13.0. The fourth-order valence-electron chi connectivity index (χ4n) is 4.34. The van der Waals surface area contributed by atoms with Gasteiger partial charge in [0.15, 0.2) is 0 Å². The first-order valence-corrected chi connectivity index (χ1v) is 11.9. The number of benzene rings is 2. The molecule has 190 valence electrons. The Morgan fingerprint density at radius 1 is 1.11 bits per heavy atom. The first kappa shape index (κ1) is 25.5. The standard InChI is InChI=1S/C27H28F3N3O3/c1-2-18-15-31-26(32-16-18)33(17-19-6-8-21(9-7-19)27(28,29)30)13-12-22-10-11-23-20(14-25(34)35)4-3-5-24(23)36-22/h3-9,15-16,22H,2,10-14,17H2,1H3,(H,34,35). The van der Waals surface area contributed by atoms with E-state index < -0.39 is 17.7 Å². The van der Waals surface area contributed by atoms with Crippen LogP contribution in [-0.4, -0.2) is 33.7 Å². The first-order valence-electron chi connectivity index (χ1n) is 11.9. The molecule has 4 rings (SSSR count). The monoisotopic (exact) mass is 499 g/mol. The van der Waals surface area contributed by atoms with Crippen LogP contribution in [0.1, 0.15) is 47.6 Å². The Balaban J connectivity index is 1.47. The minimum Gasteiger partial charge on any atom is -0.490 e. The molecule has 2 heterocycles. The molecule has 1 atom stereocenters. The number of carboxylic acid groups (broad SMARTS) is 1. The number of aryl methyl sites for hydroxylation is 1. The Kier molecular flexibility index (Phi) is 7.76. The second-order valence-electron chi connectivity index (χ2n) is 8.89. The fourth-order valence-corrected chi connectivity index (χ4v) is 4.34. The average Bonchev–Trinajstić information content (AvgIpc) is 2.86. The van der Waals surface area contributed by atoms with Crippen molar-refractivity contribution in [3.8, 4) is 5.75 Å². The summed E-state index contributed by atoms with van der Waals surface area (Å²) in [7, 11) is 0. The van der Waals surface area contributed by atoms with Gasteiger partial charge in [-0.05, 0) is 59.7 Å². The molecule has 1 aliphatic heterocycles. The lowest BCUT2D eigenvalue weighted by Crippen LogP contribution is -2.32. The van der Waals surface area contributed by atoms with Crippen molar-refractivity contribution >= 4 is 11.9 Å². The quantitative estimate of drug-likeness (QED) is 0.421. The number of ether oxygens (including phenoxy) is 1. The molecule has 6 nitrogen and oxygen atoms in total. The third kappa shape index (κ3) is 6.33. The van der Waals surface area contributed by atoms with E-state index in [1.807, 2.05) is 24.0 Å². The number of fused-ring (bicyclic) bond motifs is 1. The highest BCUT2D eigenvalue weighted by atomic mass is 19.4. The van der Waals surface area contributed by atoms with Crippen molar-refractivity contribution in [1.29, 1.82) is 0 Å². The van der Waals surface area contributed by atoms with E-state index in [-0.39, 0.29) is 12.5 Å². The molecule has 1 N–H and O–H groups in total. The van der Waals surface area contributed by atoms with Crippen LogP contribution in [0.4, 0.5) is 19.1 Å². The Morgan fingerprint density at radius 2 is 1.83 bits per heavy atom. The van der Waals surface area contributed by atoms with E-state index in [1.54, 1.807) is 18.5 Å². The number of rotatable bonds is 9. The molecule has 0 saturated carbocycles. The summed E-state index contributed by atoms with van der Waals surface area (Å²) in [4.78, 5) is 22.1. The minimum absolute atomic E-state index is 0.0385. The van der Waals surface area contributed by atoms with Gasteiger partial charge in [-0.3, -0.25) is 4.79 Å². The molecule has 0 radical (unpaired) electrons. The van der Waals surface area contributed by atoms with Gasteiger partial charge in [-0.25, -0.2) is 9.97 Å². The van der Waals surface area contributed by atoms with Crippen molar-refractivity contribution < 1.29 is 27.8 Å². The van der Waals surface area contributed by atoms with E-state index in [4.69, 9.17) is 9.84 Å². The molecule has 2 aromatic carbocycles. The lowest BCUT2D eigenvalue weighted by Gasteiger charge is -2.30. The third-order valence-corrected chi connectivity index (χ3v) is 6.34. The van der Waals surface area contributed by atoms with Crippen LogP contribution in [0.5, 0.6) is 5.75 Å². The second-order valence-corrected chi connectivity index (χ2v) is 8.89. The highest BCUT2D eigenvalue weighted by Crippen LogP contribution is 2.32. The molecule has 0 bridgehead atoms. The van der Waals surface area contributed by atoms with E-state index in [0.717, 1.165) is 53.6 Å². The Morgan fingerprint density at radius 3 is 2.47 bits per heavy atom. The summed E-state index contributed by atoms with van der Waals surface area (Å²) < 4.78 is 45.1. The minimum atomic E-state index is -4.38. The van der Waals surface area contributed by atoms with E-state index in [1.165, 1.54) is 12.1 Å². The summed E-state index contributed by atoms with van der Waals surface area (Å²) in [5.74, 6) is 0.341. The topological polar surface area (TPSA) is 75.6 Å². The van der Waals surface area contributed by atoms with Crippen LogP contribution in [0, 0.1) is 0 Å². The van der Waals surface area contributed by atoms with Gasteiger partial charge in [0, 0.05) is 31.9 Å². The number of carboxylic acids is 1. The number of aromatic nitrogens is 2. The maximum Gasteiger partial charge on any atom is 0.416 e. The van der Waals surface area contributed by atoms with Crippen molar-refractivity contribution in [3.63, 3.8) is 0 Å². The SMILES string of the molecule is CCc1cnc(N(CCC2CCc3c(CC(=O)O)cccc3O2)Cc2ccc(C(F)(F)F)cc2)nc1. The van der Waals surface area contributed by atoms with Gasteiger partial charge in [0.2, 0.25) is 5.95 Å². The Hall–Kier alpha value is -3.62. The predicted molar refractivity (Wildman–Crippen MR) is 129 cm³/mol. The number of nitrogens with zero attached hydrogens (tertiary/aromatic N) is 3. The smallest absolute Gasteiger partial charge is 0.416 e. The second kappa shape index (κ2) is 11.0. The third-order valence-electron chi connectivity index (χ3n) is 6.34. The van der Waals surface area contributed by atoms with Gasteiger partial charge in [-0.2, -0.15) is 13.2 Å². The molecule has 1 aliphatic rings. The van der Waals surface area contributed by atoms with E-state index in [0.29, 0.717) is 31.2 Å². The summed E-state index contributed by atoms with van der Waals surface area (Å²) >= 11 is 0. The molecular formula is C27H28F3N3O3. The molecule has 9 heteroatoms.